The van der Waals surface area contributed by atoms with Crippen molar-refractivity contribution in [3.05, 3.63) is 51.5 Å². The summed E-state index contributed by atoms with van der Waals surface area (Å²) >= 11 is 3.52. The number of nitrogen functional groups attached to an aromatic ring is 1. The van der Waals surface area contributed by atoms with E-state index in [1.165, 1.54) is 6.07 Å². The summed E-state index contributed by atoms with van der Waals surface area (Å²) in [5.41, 5.74) is 9.81. The van der Waals surface area contributed by atoms with Crippen molar-refractivity contribution in [2.24, 2.45) is 0 Å². The molecule has 2 aromatic rings. The van der Waals surface area contributed by atoms with E-state index in [2.05, 4.69) is 21.2 Å². The van der Waals surface area contributed by atoms with Gasteiger partial charge in [-0.05, 0) is 55.3 Å². The Morgan fingerprint density at radius 2 is 1.75 bits per heavy atom. The summed E-state index contributed by atoms with van der Waals surface area (Å²) in [6.45, 7) is 4.02. The molecule has 4 N–H and O–H groups in total. The number of hydrogen-bond donors (Lipinski definition) is 3. The first-order valence-electron chi connectivity index (χ1n) is 6.05. The standard InChI is InChI=1S/C15H15BrN2O2/c1-8-5-11(6-9(2)14(8)16)18-10-3-4-13(17)12(7-10)15(19)20/h3-7,18H,17H2,1-2H3,(H,19,20). The van der Waals surface area contributed by atoms with Gasteiger partial charge in [0.05, 0.1) is 5.56 Å². The molecular weight excluding hydrogens is 320 g/mol. The number of carbonyl (C=O) groups is 1. The zero-order chi connectivity index (χ0) is 14.9. The number of carboxylic acids is 1. The summed E-state index contributed by atoms with van der Waals surface area (Å²) in [5, 5.41) is 12.3. The van der Waals surface area contributed by atoms with Crippen LogP contribution in [-0.2, 0) is 0 Å². The van der Waals surface area contributed by atoms with E-state index in [4.69, 9.17) is 10.8 Å². The van der Waals surface area contributed by atoms with E-state index in [9.17, 15) is 4.79 Å². The zero-order valence-corrected chi connectivity index (χ0v) is 12.8. The number of rotatable bonds is 3. The summed E-state index contributed by atoms with van der Waals surface area (Å²) in [5.74, 6) is -1.03. The van der Waals surface area contributed by atoms with E-state index < -0.39 is 5.97 Å². The molecule has 0 aliphatic rings. The minimum atomic E-state index is -1.03. The molecule has 0 saturated heterocycles. The highest BCUT2D eigenvalue weighted by Gasteiger charge is 2.09. The largest absolute Gasteiger partial charge is 0.478 e. The maximum absolute atomic E-state index is 11.1. The van der Waals surface area contributed by atoms with E-state index in [1.807, 2.05) is 26.0 Å². The first-order valence-corrected chi connectivity index (χ1v) is 6.84. The molecule has 0 heterocycles. The lowest BCUT2D eigenvalue weighted by atomic mass is 10.1. The molecule has 104 valence electrons. The van der Waals surface area contributed by atoms with E-state index in [0.717, 1.165) is 21.3 Å². The van der Waals surface area contributed by atoms with Crippen LogP contribution in [0.4, 0.5) is 17.1 Å². The van der Waals surface area contributed by atoms with E-state index in [0.29, 0.717) is 5.69 Å². The van der Waals surface area contributed by atoms with Crippen molar-refractivity contribution < 1.29 is 9.90 Å². The first-order chi connectivity index (χ1) is 9.38. The minimum Gasteiger partial charge on any atom is -0.478 e. The van der Waals surface area contributed by atoms with Gasteiger partial charge in [0, 0.05) is 21.5 Å². The Bertz CT molecular complexity index is 661. The molecule has 5 heteroatoms. The maximum Gasteiger partial charge on any atom is 0.337 e. The van der Waals surface area contributed by atoms with Crippen LogP contribution in [-0.4, -0.2) is 11.1 Å². The summed E-state index contributed by atoms with van der Waals surface area (Å²) in [7, 11) is 0. The average molecular weight is 335 g/mol. The number of aromatic carboxylic acids is 1. The predicted molar refractivity (Wildman–Crippen MR) is 84.7 cm³/mol. The highest BCUT2D eigenvalue weighted by Crippen LogP contribution is 2.28. The van der Waals surface area contributed by atoms with Crippen molar-refractivity contribution >= 4 is 39.0 Å². The lowest BCUT2D eigenvalue weighted by molar-refractivity contribution is 0.0698. The number of aryl methyl sites for hydroxylation is 2. The van der Waals surface area contributed by atoms with Gasteiger partial charge in [0.2, 0.25) is 0 Å². The highest BCUT2D eigenvalue weighted by atomic mass is 79.9. The molecular formula is C15H15BrN2O2. The molecule has 0 fully saturated rings. The lowest BCUT2D eigenvalue weighted by Gasteiger charge is -2.12. The van der Waals surface area contributed by atoms with Gasteiger partial charge in [-0.1, -0.05) is 15.9 Å². The smallest absolute Gasteiger partial charge is 0.337 e. The van der Waals surface area contributed by atoms with Crippen molar-refractivity contribution in [2.75, 3.05) is 11.1 Å². The first kappa shape index (κ1) is 14.4. The Morgan fingerprint density at radius 3 is 2.30 bits per heavy atom. The average Bonchev–Trinajstić information content (AvgIpc) is 2.38. The summed E-state index contributed by atoms with van der Waals surface area (Å²) in [6.07, 6.45) is 0. The van der Waals surface area contributed by atoms with Crippen LogP contribution in [0.5, 0.6) is 0 Å². The maximum atomic E-state index is 11.1. The van der Waals surface area contributed by atoms with E-state index in [-0.39, 0.29) is 11.3 Å². The summed E-state index contributed by atoms with van der Waals surface area (Å²) in [6, 6.07) is 8.87. The molecule has 0 aliphatic heterocycles. The molecule has 20 heavy (non-hydrogen) atoms. The predicted octanol–water partition coefficient (Wildman–Crippen LogP) is 4.09. The monoisotopic (exact) mass is 334 g/mol. The van der Waals surface area contributed by atoms with Gasteiger partial charge in [-0.15, -0.1) is 0 Å². The molecule has 2 rings (SSSR count). The zero-order valence-electron chi connectivity index (χ0n) is 11.2. The number of anilines is 3. The van der Waals surface area contributed by atoms with Gasteiger partial charge in [-0.2, -0.15) is 0 Å². The summed E-state index contributed by atoms with van der Waals surface area (Å²) < 4.78 is 1.08. The molecule has 0 saturated carbocycles. The Kier molecular flexibility index (Phi) is 3.99. The van der Waals surface area contributed by atoms with Crippen LogP contribution >= 0.6 is 15.9 Å². The van der Waals surface area contributed by atoms with Gasteiger partial charge in [0.1, 0.15) is 0 Å². The molecule has 0 unspecified atom stereocenters. The van der Waals surface area contributed by atoms with Crippen molar-refractivity contribution in [1.82, 2.24) is 0 Å². The molecule has 0 amide bonds. The van der Waals surface area contributed by atoms with Crippen molar-refractivity contribution in [3.63, 3.8) is 0 Å². The van der Waals surface area contributed by atoms with Gasteiger partial charge in [-0.3, -0.25) is 0 Å². The fourth-order valence-corrected chi connectivity index (χ4v) is 2.23. The number of hydrogen-bond acceptors (Lipinski definition) is 3. The third-order valence-corrected chi connectivity index (χ3v) is 4.26. The van der Waals surface area contributed by atoms with Gasteiger partial charge in [-0.25, -0.2) is 4.79 Å². The van der Waals surface area contributed by atoms with Crippen molar-refractivity contribution in [1.29, 1.82) is 0 Å². The topological polar surface area (TPSA) is 75.3 Å². The number of carboxylic acid groups (broad SMARTS) is 1. The number of halogens is 1. The van der Waals surface area contributed by atoms with Crippen molar-refractivity contribution in [3.8, 4) is 0 Å². The second kappa shape index (κ2) is 5.54. The van der Waals surface area contributed by atoms with Gasteiger partial charge >= 0.3 is 5.97 Å². The Balaban J connectivity index is 2.35. The molecule has 4 nitrogen and oxygen atoms in total. The van der Waals surface area contributed by atoms with Crippen LogP contribution in [0.3, 0.4) is 0 Å². The fraction of sp³-hybridized carbons (Fsp3) is 0.133. The quantitative estimate of drug-likeness (QED) is 0.739. The van der Waals surface area contributed by atoms with Crippen LogP contribution in [0.25, 0.3) is 0 Å². The van der Waals surface area contributed by atoms with Crippen molar-refractivity contribution in [2.45, 2.75) is 13.8 Å². The molecule has 0 radical (unpaired) electrons. The Hall–Kier alpha value is -2.01. The molecule has 0 atom stereocenters. The fourth-order valence-electron chi connectivity index (χ4n) is 2.00. The second-order valence-corrected chi connectivity index (χ2v) is 5.45. The molecule has 0 aliphatic carbocycles. The van der Waals surface area contributed by atoms with E-state index >= 15 is 0 Å². The van der Waals surface area contributed by atoms with Crippen LogP contribution in [0.15, 0.2) is 34.8 Å². The molecule has 0 bridgehead atoms. The van der Waals surface area contributed by atoms with Crippen LogP contribution in [0.1, 0.15) is 21.5 Å². The van der Waals surface area contributed by atoms with Gasteiger partial charge in [0.15, 0.2) is 0 Å². The molecule has 0 aromatic heterocycles. The summed E-state index contributed by atoms with van der Waals surface area (Å²) in [4.78, 5) is 11.1. The normalized spacial score (nSPS) is 10.3. The minimum absolute atomic E-state index is 0.0977. The SMILES string of the molecule is Cc1cc(Nc2ccc(N)c(C(=O)O)c2)cc(C)c1Br. The van der Waals surface area contributed by atoms with Gasteiger partial charge < -0.3 is 16.2 Å². The van der Waals surface area contributed by atoms with Crippen LogP contribution < -0.4 is 11.1 Å². The second-order valence-electron chi connectivity index (χ2n) is 4.66. The van der Waals surface area contributed by atoms with E-state index in [1.54, 1.807) is 12.1 Å². The molecule has 2 aromatic carbocycles. The third kappa shape index (κ3) is 2.93. The van der Waals surface area contributed by atoms with Crippen LogP contribution in [0.2, 0.25) is 0 Å². The third-order valence-electron chi connectivity index (χ3n) is 3.01. The lowest BCUT2D eigenvalue weighted by Crippen LogP contribution is -2.03. The molecule has 0 spiro atoms. The van der Waals surface area contributed by atoms with Crippen LogP contribution in [0, 0.1) is 13.8 Å². The Labute approximate surface area is 125 Å². The van der Waals surface area contributed by atoms with Gasteiger partial charge in [0.25, 0.3) is 0 Å². The highest BCUT2D eigenvalue weighted by molar-refractivity contribution is 9.10. The number of nitrogens with one attached hydrogen (secondary N) is 1. The number of nitrogens with two attached hydrogens (primary N) is 1. The number of benzene rings is 2. The Morgan fingerprint density at radius 1 is 1.15 bits per heavy atom.